The Morgan fingerprint density at radius 2 is 1.63 bits per heavy atom. The van der Waals surface area contributed by atoms with Gasteiger partial charge in [0.2, 0.25) is 5.91 Å². The maximum Gasteiger partial charge on any atom is 0.234 e. The number of hydrogen-bond donors (Lipinski definition) is 2. The van der Waals surface area contributed by atoms with Crippen LogP contribution in [-0.2, 0) is 10.4 Å². The van der Waals surface area contributed by atoms with Gasteiger partial charge in [-0.05, 0) is 42.9 Å². The first-order valence-electron chi connectivity index (χ1n) is 9.83. The van der Waals surface area contributed by atoms with Crippen LogP contribution in [0.4, 0.5) is 0 Å². The van der Waals surface area contributed by atoms with Gasteiger partial charge in [0.1, 0.15) is 5.60 Å². The zero-order valence-corrected chi connectivity index (χ0v) is 16.2. The number of hydrogen-bond acceptors (Lipinski definition) is 3. The van der Waals surface area contributed by atoms with Crippen molar-refractivity contribution in [2.75, 3.05) is 6.54 Å². The van der Waals surface area contributed by atoms with Crippen LogP contribution >= 0.6 is 0 Å². The number of carbonyl (C=O) groups excluding carboxylic acids is 1. The average Bonchev–Trinajstić information content (AvgIpc) is 3.16. The van der Waals surface area contributed by atoms with Crippen LogP contribution in [0.1, 0.15) is 44.2 Å². The predicted molar refractivity (Wildman–Crippen MR) is 108 cm³/mol. The molecule has 1 saturated heterocycles. The summed E-state index contributed by atoms with van der Waals surface area (Å²) in [7, 11) is 0. The molecule has 3 N–H and O–H groups in total. The Labute approximate surface area is 162 Å². The Morgan fingerprint density at radius 1 is 1.11 bits per heavy atom. The second kappa shape index (κ2) is 8.24. The Hall–Kier alpha value is -2.17. The van der Waals surface area contributed by atoms with Gasteiger partial charge >= 0.3 is 0 Å². The van der Waals surface area contributed by atoms with E-state index in [1.165, 1.54) is 0 Å². The van der Waals surface area contributed by atoms with Crippen molar-refractivity contribution in [1.29, 1.82) is 0 Å². The normalized spacial score (nSPS) is 19.3. The highest BCUT2D eigenvalue weighted by Gasteiger charge is 2.47. The van der Waals surface area contributed by atoms with Crippen molar-refractivity contribution >= 4 is 5.91 Å². The lowest BCUT2D eigenvalue weighted by Gasteiger charge is -2.44. The van der Waals surface area contributed by atoms with Crippen LogP contribution in [0.3, 0.4) is 0 Å². The van der Waals surface area contributed by atoms with Gasteiger partial charge in [-0.1, -0.05) is 74.5 Å². The standard InChI is InChI=1S/C23H30N2O2/c1-17(2)16-21(25-15-9-14-20(25)22(24)26)23(27,18-10-5-3-6-11-18)19-12-7-4-8-13-19/h3-8,10-13,17,20-21,27H,9,14-16H2,1-2H3,(H2,24,26)/t20-,21-/m0/s1. The smallest absolute Gasteiger partial charge is 0.234 e. The van der Waals surface area contributed by atoms with Crippen molar-refractivity contribution in [3.8, 4) is 0 Å². The van der Waals surface area contributed by atoms with E-state index in [0.29, 0.717) is 5.92 Å². The fraction of sp³-hybridized carbons (Fsp3) is 0.435. The van der Waals surface area contributed by atoms with Crippen LogP contribution in [0.25, 0.3) is 0 Å². The molecule has 0 radical (unpaired) electrons. The number of nitrogens with zero attached hydrogens (tertiary/aromatic N) is 1. The summed E-state index contributed by atoms with van der Waals surface area (Å²) in [4.78, 5) is 14.2. The molecule has 1 amide bonds. The summed E-state index contributed by atoms with van der Waals surface area (Å²) in [6.45, 7) is 5.07. The fourth-order valence-electron chi connectivity index (χ4n) is 4.40. The van der Waals surface area contributed by atoms with Crippen molar-refractivity contribution in [3.63, 3.8) is 0 Å². The summed E-state index contributed by atoms with van der Waals surface area (Å²) in [5.74, 6) is 0.0628. The molecule has 4 nitrogen and oxygen atoms in total. The van der Waals surface area contributed by atoms with Crippen LogP contribution < -0.4 is 5.73 Å². The number of aliphatic hydroxyl groups is 1. The highest BCUT2D eigenvalue weighted by Crippen LogP contribution is 2.40. The van der Waals surface area contributed by atoms with E-state index in [0.717, 1.165) is 36.9 Å². The van der Waals surface area contributed by atoms with Gasteiger partial charge in [0.15, 0.2) is 0 Å². The molecule has 0 unspecified atom stereocenters. The maximum absolute atomic E-state index is 12.2. The van der Waals surface area contributed by atoms with Crippen molar-refractivity contribution < 1.29 is 9.90 Å². The maximum atomic E-state index is 12.2. The van der Waals surface area contributed by atoms with Gasteiger partial charge in [-0.2, -0.15) is 0 Å². The monoisotopic (exact) mass is 366 g/mol. The molecule has 2 atom stereocenters. The molecule has 0 spiro atoms. The second-order valence-electron chi connectivity index (χ2n) is 7.94. The number of benzene rings is 2. The molecule has 1 heterocycles. The molecule has 0 aromatic heterocycles. The molecule has 1 aliphatic rings. The molecular weight excluding hydrogens is 336 g/mol. The molecule has 0 bridgehead atoms. The molecule has 0 saturated carbocycles. The van der Waals surface area contributed by atoms with Crippen LogP contribution in [0, 0.1) is 5.92 Å². The number of likely N-dealkylation sites (tertiary alicyclic amines) is 1. The van der Waals surface area contributed by atoms with Crippen molar-refractivity contribution in [1.82, 2.24) is 4.90 Å². The number of primary amides is 1. The summed E-state index contributed by atoms with van der Waals surface area (Å²) in [6, 6.07) is 19.0. The predicted octanol–water partition coefficient (Wildman–Crippen LogP) is 3.29. The van der Waals surface area contributed by atoms with Gasteiger partial charge in [0.05, 0.1) is 6.04 Å². The molecule has 1 fully saturated rings. The van der Waals surface area contributed by atoms with Gasteiger partial charge in [-0.15, -0.1) is 0 Å². The Morgan fingerprint density at radius 3 is 2.07 bits per heavy atom. The summed E-state index contributed by atoms with van der Waals surface area (Å²) in [6.07, 6.45) is 2.44. The SMILES string of the molecule is CC(C)C[C@H](N1CCC[C@H]1C(N)=O)C(O)(c1ccccc1)c1ccccc1. The molecule has 0 aliphatic carbocycles. The molecule has 27 heavy (non-hydrogen) atoms. The van der Waals surface area contributed by atoms with Crippen molar-refractivity contribution in [3.05, 3.63) is 71.8 Å². The van der Waals surface area contributed by atoms with Gasteiger partial charge < -0.3 is 10.8 Å². The van der Waals surface area contributed by atoms with E-state index >= 15 is 0 Å². The third kappa shape index (κ3) is 3.92. The minimum absolute atomic E-state index is 0.234. The molecule has 3 rings (SSSR count). The van der Waals surface area contributed by atoms with Crippen LogP contribution in [0.15, 0.2) is 60.7 Å². The van der Waals surface area contributed by atoms with E-state index < -0.39 is 5.60 Å². The van der Waals surface area contributed by atoms with Gasteiger partial charge in [0, 0.05) is 6.04 Å². The Bertz CT molecular complexity index is 706. The third-order valence-electron chi connectivity index (χ3n) is 5.63. The topological polar surface area (TPSA) is 66.6 Å². The van der Waals surface area contributed by atoms with Crippen molar-refractivity contribution in [2.24, 2.45) is 11.7 Å². The number of carbonyl (C=O) groups is 1. The van der Waals surface area contributed by atoms with E-state index in [2.05, 4.69) is 18.7 Å². The van der Waals surface area contributed by atoms with E-state index in [4.69, 9.17) is 5.73 Å². The Balaban J connectivity index is 2.15. The van der Waals surface area contributed by atoms with Gasteiger partial charge in [0.25, 0.3) is 0 Å². The number of nitrogens with two attached hydrogens (primary N) is 1. The van der Waals surface area contributed by atoms with E-state index in [1.54, 1.807) is 0 Å². The molecule has 2 aromatic rings. The minimum atomic E-state index is -1.22. The number of rotatable bonds is 7. The fourth-order valence-corrected chi connectivity index (χ4v) is 4.40. The Kier molecular flexibility index (Phi) is 5.98. The van der Waals surface area contributed by atoms with Gasteiger partial charge in [-0.25, -0.2) is 0 Å². The molecule has 144 valence electrons. The first-order chi connectivity index (χ1) is 12.9. The first-order valence-corrected chi connectivity index (χ1v) is 9.83. The lowest BCUT2D eigenvalue weighted by Crippen LogP contribution is -2.56. The first kappa shape index (κ1) is 19.6. The quantitative estimate of drug-likeness (QED) is 0.790. The lowest BCUT2D eigenvalue weighted by atomic mass is 9.76. The van der Waals surface area contributed by atoms with E-state index in [9.17, 15) is 9.90 Å². The lowest BCUT2D eigenvalue weighted by molar-refractivity contribution is -0.125. The highest BCUT2D eigenvalue weighted by molar-refractivity contribution is 5.80. The molecule has 4 heteroatoms. The summed E-state index contributed by atoms with van der Waals surface area (Å²) in [5.41, 5.74) is 6.19. The third-order valence-corrected chi connectivity index (χ3v) is 5.63. The molecular formula is C23H30N2O2. The van der Waals surface area contributed by atoms with Crippen molar-refractivity contribution in [2.45, 2.75) is 50.8 Å². The van der Waals surface area contributed by atoms with Gasteiger partial charge in [-0.3, -0.25) is 9.69 Å². The van der Waals surface area contributed by atoms with Crippen LogP contribution in [0.5, 0.6) is 0 Å². The van der Waals surface area contributed by atoms with Crippen LogP contribution in [0.2, 0.25) is 0 Å². The van der Waals surface area contributed by atoms with E-state index in [1.807, 2.05) is 60.7 Å². The average molecular weight is 367 g/mol. The molecule has 1 aliphatic heterocycles. The largest absolute Gasteiger partial charge is 0.379 e. The molecule has 2 aromatic carbocycles. The minimum Gasteiger partial charge on any atom is -0.379 e. The summed E-state index contributed by atoms with van der Waals surface area (Å²) < 4.78 is 0. The summed E-state index contributed by atoms with van der Waals surface area (Å²) >= 11 is 0. The zero-order valence-electron chi connectivity index (χ0n) is 16.2. The highest BCUT2D eigenvalue weighted by atomic mass is 16.3. The number of amides is 1. The zero-order chi connectivity index (χ0) is 19.4. The second-order valence-corrected chi connectivity index (χ2v) is 7.94. The summed E-state index contributed by atoms with van der Waals surface area (Å²) in [5, 5.41) is 12.2. The van der Waals surface area contributed by atoms with E-state index in [-0.39, 0.29) is 18.0 Å². The van der Waals surface area contributed by atoms with Crippen LogP contribution in [-0.4, -0.2) is 34.5 Å².